The Hall–Kier alpha value is -1.25. The van der Waals surface area contributed by atoms with Crippen LogP contribution in [0.5, 0.6) is 0 Å². The molecule has 1 aliphatic rings. The minimum atomic E-state index is -0.486. The molecule has 0 saturated heterocycles. The van der Waals surface area contributed by atoms with Crippen molar-refractivity contribution in [1.82, 2.24) is 0 Å². The first-order valence-electron chi connectivity index (χ1n) is 6.15. The summed E-state index contributed by atoms with van der Waals surface area (Å²) in [5.74, 6) is 0.841. The van der Waals surface area contributed by atoms with E-state index in [-0.39, 0.29) is 18.1 Å². The molecular formula is C14H22O3. The maximum Gasteiger partial charge on any atom is 0.273 e. The molecule has 0 amide bonds. The third kappa shape index (κ3) is 3.91. The number of allylic oxidation sites excluding steroid dienone is 2. The van der Waals surface area contributed by atoms with Gasteiger partial charge in [0.1, 0.15) is 0 Å². The van der Waals surface area contributed by atoms with E-state index in [9.17, 15) is 9.90 Å². The van der Waals surface area contributed by atoms with Crippen molar-refractivity contribution in [2.24, 2.45) is 11.8 Å². The van der Waals surface area contributed by atoms with Crippen molar-refractivity contribution in [3.05, 3.63) is 24.2 Å². The molecule has 1 N–H and O–H groups in total. The van der Waals surface area contributed by atoms with Gasteiger partial charge in [-0.3, -0.25) is 4.79 Å². The van der Waals surface area contributed by atoms with Gasteiger partial charge in [0.15, 0.2) is 11.9 Å². The summed E-state index contributed by atoms with van der Waals surface area (Å²) < 4.78 is 5.15. The fourth-order valence-electron chi connectivity index (χ4n) is 2.28. The molecule has 3 nitrogen and oxygen atoms in total. The van der Waals surface area contributed by atoms with Crippen LogP contribution in [0.25, 0.3) is 0 Å². The molecule has 1 aliphatic heterocycles. The van der Waals surface area contributed by atoms with Gasteiger partial charge in [0.25, 0.3) is 5.95 Å². The number of hydrogen-bond acceptors (Lipinski definition) is 3. The molecule has 96 valence electrons. The van der Waals surface area contributed by atoms with Gasteiger partial charge in [-0.1, -0.05) is 26.0 Å². The van der Waals surface area contributed by atoms with Crippen molar-refractivity contribution >= 4 is 5.78 Å². The normalized spacial score (nSPS) is 22.0. The second-order valence-electron chi connectivity index (χ2n) is 5.09. The van der Waals surface area contributed by atoms with Gasteiger partial charge >= 0.3 is 0 Å². The number of ketones is 1. The van der Waals surface area contributed by atoms with E-state index in [4.69, 9.17) is 4.74 Å². The van der Waals surface area contributed by atoms with Crippen LogP contribution in [0.15, 0.2) is 24.2 Å². The number of ether oxygens (including phenoxy) is 1. The number of Topliss-reactive ketones (excluding diaryl/α,β-unsaturated/α-hetero) is 1. The monoisotopic (exact) mass is 238 g/mol. The van der Waals surface area contributed by atoms with Crippen molar-refractivity contribution < 1.29 is 14.6 Å². The summed E-state index contributed by atoms with van der Waals surface area (Å²) in [4.78, 5) is 11.6. The third-order valence-corrected chi connectivity index (χ3v) is 3.28. The molecule has 0 aliphatic carbocycles. The fraction of sp³-hybridized carbons (Fsp3) is 0.643. The molecule has 2 unspecified atom stereocenters. The summed E-state index contributed by atoms with van der Waals surface area (Å²) >= 11 is 0. The number of carbonyl (C=O) groups excluding carboxylic acids is 1. The highest BCUT2D eigenvalue weighted by atomic mass is 16.6. The van der Waals surface area contributed by atoms with Gasteiger partial charge in [-0.25, -0.2) is 0 Å². The van der Waals surface area contributed by atoms with E-state index in [1.165, 1.54) is 6.08 Å². The highest BCUT2D eigenvalue weighted by molar-refractivity contribution is 5.85. The van der Waals surface area contributed by atoms with Gasteiger partial charge in [-0.2, -0.15) is 0 Å². The zero-order valence-electron chi connectivity index (χ0n) is 10.9. The zero-order valence-corrected chi connectivity index (χ0v) is 10.9. The van der Waals surface area contributed by atoms with Crippen molar-refractivity contribution in [1.29, 1.82) is 0 Å². The largest absolute Gasteiger partial charge is 0.481 e. The van der Waals surface area contributed by atoms with E-state index in [0.29, 0.717) is 18.3 Å². The summed E-state index contributed by atoms with van der Waals surface area (Å²) in [5, 5.41) is 9.25. The van der Waals surface area contributed by atoms with Gasteiger partial charge in [-0.15, -0.1) is 0 Å². The molecule has 0 aromatic rings. The van der Waals surface area contributed by atoms with Gasteiger partial charge in [-0.05, 0) is 31.6 Å². The van der Waals surface area contributed by atoms with Crippen LogP contribution in [0, 0.1) is 11.8 Å². The lowest BCUT2D eigenvalue weighted by atomic mass is 9.84. The highest BCUT2D eigenvalue weighted by Crippen LogP contribution is 2.27. The maximum absolute atomic E-state index is 11.6. The Bertz CT molecular complexity index is 328. The lowest BCUT2D eigenvalue weighted by molar-refractivity contribution is -0.132. The molecule has 0 saturated carbocycles. The van der Waals surface area contributed by atoms with E-state index in [0.717, 1.165) is 12.0 Å². The average Bonchev–Trinajstić information content (AvgIpc) is 2.22. The molecule has 0 spiro atoms. The lowest BCUT2D eigenvalue weighted by Crippen LogP contribution is -2.28. The Morgan fingerprint density at radius 3 is 2.82 bits per heavy atom. The maximum atomic E-state index is 11.6. The van der Waals surface area contributed by atoms with Crippen LogP contribution in [-0.4, -0.2) is 17.0 Å². The first kappa shape index (κ1) is 13.8. The zero-order chi connectivity index (χ0) is 13.0. The van der Waals surface area contributed by atoms with Crippen LogP contribution < -0.4 is 0 Å². The van der Waals surface area contributed by atoms with Crippen molar-refractivity contribution in [2.45, 2.75) is 46.1 Å². The molecule has 1 heterocycles. The summed E-state index contributed by atoms with van der Waals surface area (Å²) in [6, 6.07) is 0. The number of aliphatic hydroxyl groups is 1. The Balaban J connectivity index is 2.52. The van der Waals surface area contributed by atoms with Gasteiger partial charge in [0.05, 0.1) is 0 Å². The molecule has 17 heavy (non-hydrogen) atoms. The molecule has 3 heteroatoms. The Labute approximate surface area is 103 Å². The number of aliphatic hydroxyl groups excluding tert-OH is 1. The standard InChI is InChI=1S/C14H22O3/c1-9(2)11(10(3)4)5-7-13-12(15)6-8-14(16)17-13/h8,10-11,13,16H,1,5-7H2,2-4H3. The summed E-state index contributed by atoms with van der Waals surface area (Å²) in [6.07, 6.45) is 2.72. The van der Waals surface area contributed by atoms with Crippen molar-refractivity contribution in [2.75, 3.05) is 0 Å². The van der Waals surface area contributed by atoms with E-state index < -0.39 is 6.10 Å². The number of hydrogen-bond donors (Lipinski definition) is 1. The molecule has 0 bridgehead atoms. The Morgan fingerprint density at radius 1 is 1.65 bits per heavy atom. The van der Waals surface area contributed by atoms with E-state index in [2.05, 4.69) is 20.4 Å². The van der Waals surface area contributed by atoms with Gasteiger partial charge in [0, 0.05) is 12.5 Å². The predicted octanol–water partition coefficient (Wildman–Crippen LogP) is 3.37. The molecule has 0 fully saturated rings. The second-order valence-corrected chi connectivity index (χ2v) is 5.09. The van der Waals surface area contributed by atoms with E-state index in [1.54, 1.807) is 0 Å². The van der Waals surface area contributed by atoms with E-state index >= 15 is 0 Å². The van der Waals surface area contributed by atoms with Crippen LogP contribution >= 0.6 is 0 Å². The van der Waals surface area contributed by atoms with Crippen LogP contribution in [0.1, 0.15) is 40.0 Å². The molecule has 0 aromatic carbocycles. The second kappa shape index (κ2) is 5.89. The Kier molecular flexibility index (Phi) is 4.79. The lowest BCUT2D eigenvalue weighted by Gasteiger charge is -2.25. The summed E-state index contributed by atoms with van der Waals surface area (Å²) in [5.41, 5.74) is 1.14. The van der Waals surface area contributed by atoms with Crippen LogP contribution in [0.4, 0.5) is 0 Å². The topological polar surface area (TPSA) is 46.5 Å². The van der Waals surface area contributed by atoms with Crippen LogP contribution in [0.3, 0.4) is 0 Å². The number of carbonyl (C=O) groups is 1. The molecule has 2 atom stereocenters. The molecular weight excluding hydrogens is 216 g/mol. The fourth-order valence-corrected chi connectivity index (χ4v) is 2.28. The van der Waals surface area contributed by atoms with Crippen molar-refractivity contribution in [3.8, 4) is 0 Å². The molecule has 1 rings (SSSR count). The van der Waals surface area contributed by atoms with Crippen LogP contribution in [-0.2, 0) is 9.53 Å². The smallest absolute Gasteiger partial charge is 0.273 e. The third-order valence-electron chi connectivity index (χ3n) is 3.28. The molecule has 0 aromatic heterocycles. The van der Waals surface area contributed by atoms with Crippen molar-refractivity contribution in [3.63, 3.8) is 0 Å². The van der Waals surface area contributed by atoms with Gasteiger partial charge in [0.2, 0.25) is 0 Å². The average molecular weight is 238 g/mol. The Morgan fingerprint density at radius 2 is 2.29 bits per heavy atom. The minimum Gasteiger partial charge on any atom is -0.481 e. The quantitative estimate of drug-likeness (QED) is 0.747. The highest BCUT2D eigenvalue weighted by Gasteiger charge is 2.26. The number of rotatable bonds is 5. The summed E-state index contributed by atoms with van der Waals surface area (Å²) in [7, 11) is 0. The van der Waals surface area contributed by atoms with E-state index in [1.807, 2.05) is 6.92 Å². The predicted molar refractivity (Wildman–Crippen MR) is 67.6 cm³/mol. The molecule has 0 radical (unpaired) electrons. The first-order chi connectivity index (χ1) is 7.91. The van der Waals surface area contributed by atoms with Crippen LogP contribution in [0.2, 0.25) is 0 Å². The first-order valence-corrected chi connectivity index (χ1v) is 6.15. The SMILES string of the molecule is C=C(C)C(CCC1OC(O)=CCC1=O)C(C)C. The minimum absolute atomic E-state index is 0.0482. The van der Waals surface area contributed by atoms with Gasteiger partial charge < -0.3 is 9.84 Å². The summed E-state index contributed by atoms with van der Waals surface area (Å²) in [6.45, 7) is 10.3.